The van der Waals surface area contributed by atoms with Crippen LogP contribution in [0.5, 0.6) is 0 Å². The van der Waals surface area contributed by atoms with E-state index in [9.17, 15) is 0 Å². The minimum atomic E-state index is 0.454. The van der Waals surface area contributed by atoms with E-state index in [1.807, 2.05) is 0 Å². The van der Waals surface area contributed by atoms with Gasteiger partial charge in [0.2, 0.25) is 0 Å². The van der Waals surface area contributed by atoms with Crippen molar-refractivity contribution in [1.82, 2.24) is 15.8 Å². The second-order valence-corrected chi connectivity index (χ2v) is 12.9. The number of rotatable bonds is 5. The predicted octanol–water partition coefficient (Wildman–Crippen LogP) is 4.60. The van der Waals surface area contributed by atoms with Crippen LogP contribution in [-0.2, 0) is 6.42 Å². The van der Waals surface area contributed by atoms with Crippen LogP contribution in [0.3, 0.4) is 0 Å². The first-order chi connectivity index (χ1) is 16.2. The Hall–Kier alpha value is -1.10. The lowest BCUT2D eigenvalue weighted by Gasteiger charge is -2.67. The van der Waals surface area contributed by atoms with Gasteiger partial charge in [0.25, 0.3) is 0 Å². The van der Waals surface area contributed by atoms with Crippen molar-refractivity contribution in [1.29, 1.82) is 0 Å². The molecule has 7 aliphatic rings. The molecule has 0 aromatic heterocycles. The summed E-state index contributed by atoms with van der Waals surface area (Å²) in [7, 11) is 0. The molecule has 4 nitrogen and oxygen atoms in total. The Labute approximate surface area is 200 Å². The Bertz CT molecular complexity index is 868. The molecule has 2 saturated heterocycles. The van der Waals surface area contributed by atoms with E-state index < -0.39 is 0 Å². The number of fused-ring (bicyclic) bond motifs is 2. The van der Waals surface area contributed by atoms with E-state index in [0.717, 1.165) is 23.7 Å². The quantitative estimate of drug-likeness (QED) is 0.689. The highest BCUT2D eigenvalue weighted by atomic mass is 15.5. The zero-order chi connectivity index (χ0) is 22.0. The van der Waals surface area contributed by atoms with Crippen LogP contribution >= 0.6 is 0 Å². The highest BCUT2D eigenvalue weighted by Crippen LogP contribution is 2.67. The smallest absolute Gasteiger partial charge is 0.0413 e. The van der Waals surface area contributed by atoms with Gasteiger partial charge in [-0.2, -0.15) is 0 Å². The number of benzene rings is 1. The molecule has 6 fully saturated rings. The number of anilines is 1. The van der Waals surface area contributed by atoms with E-state index in [1.54, 1.807) is 11.3 Å². The van der Waals surface area contributed by atoms with E-state index in [1.165, 1.54) is 96.9 Å². The number of para-hydroxylation sites is 1. The van der Waals surface area contributed by atoms with Gasteiger partial charge in [-0.05, 0) is 105 Å². The van der Waals surface area contributed by atoms with Gasteiger partial charge in [-0.25, -0.2) is 5.01 Å². The largest absolute Gasteiger partial charge is 0.365 e. The molecule has 5 unspecified atom stereocenters. The number of nitrogens with zero attached hydrogens (tertiary/aromatic N) is 2. The molecule has 4 saturated carbocycles. The summed E-state index contributed by atoms with van der Waals surface area (Å²) in [5.41, 5.74) is 8.03. The molecule has 0 amide bonds. The lowest BCUT2D eigenvalue weighted by atomic mass is 9.43. The molecule has 0 spiro atoms. The normalized spacial score (nSPS) is 44.2. The summed E-state index contributed by atoms with van der Waals surface area (Å²) in [6.45, 7) is 8.43. The van der Waals surface area contributed by atoms with Crippen LogP contribution in [0.2, 0.25) is 0 Å². The third-order valence-corrected chi connectivity index (χ3v) is 11.0. The van der Waals surface area contributed by atoms with Gasteiger partial charge in [0, 0.05) is 43.4 Å². The van der Waals surface area contributed by atoms with Crippen LogP contribution in [-0.4, -0.2) is 49.3 Å². The van der Waals surface area contributed by atoms with Gasteiger partial charge in [0.15, 0.2) is 0 Å². The summed E-state index contributed by atoms with van der Waals surface area (Å²) in [5, 5.41) is 6.61. The molecule has 0 radical (unpaired) electrons. The third-order valence-electron chi connectivity index (χ3n) is 11.0. The van der Waals surface area contributed by atoms with Crippen LogP contribution in [0.25, 0.3) is 0 Å². The van der Waals surface area contributed by atoms with Crippen molar-refractivity contribution in [3.8, 4) is 0 Å². The van der Waals surface area contributed by atoms with Gasteiger partial charge < -0.3 is 10.2 Å². The molecule has 4 aliphatic carbocycles. The maximum absolute atomic E-state index is 4.10. The van der Waals surface area contributed by atoms with Gasteiger partial charge in [-0.3, -0.25) is 5.43 Å². The van der Waals surface area contributed by atoms with Crippen molar-refractivity contribution in [2.75, 3.05) is 37.6 Å². The van der Waals surface area contributed by atoms with Crippen LogP contribution in [0.1, 0.15) is 70.3 Å². The van der Waals surface area contributed by atoms with Crippen LogP contribution < -0.4 is 15.6 Å². The van der Waals surface area contributed by atoms with Gasteiger partial charge in [-0.15, -0.1) is 0 Å². The summed E-state index contributed by atoms with van der Waals surface area (Å²) < 4.78 is 0. The summed E-state index contributed by atoms with van der Waals surface area (Å²) in [4.78, 5) is 2.93. The van der Waals surface area contributed by atoms with Gasteiger partial charge in [-0.1, -0.05) is 31.5 Å². The van der Waals surface area contributed by atoms with Gasteiger partial charge >= 0.3 is 0 Å². The molecule has 4 bridgehead atoms. The number of piperidine rings is 1. The van der Waals surface area contributed by atoms with E-state index in [0.29, 0.717) is 17.0 Å². The van der Waals surface area contributed by atoms with Crippen molar-refractivity contribution < 1.29 is 0 Å². The van der Waals surface area contributed by atoms with E-state index in [2.05, 4.69) is 51.8 Å². The Balaban J connectivity index is 1.11. The first-order valence-corrected chi connectivity index (χ1v) is 14.2. The van der Waals surface area contributed by atoms with Crippen molar-refractivity contribution in [3.05, 3.63) is 29.8 Å². The Morgan fingerprint density at radius 3 is 2.73 bits per heavy atom. The molecule has 180 valence electrons. The standard InChI is InChI=1S/C29H44N4/c1-2-3-9-32-19-26-24(17-31-32)12-25(18-30-26)28-13-21-11-22(14-28)16-29(15-21,20-28)33-10-8-23-6-4-5-7-27(23)33/h4-7,21-22,24-26,30-31H,2-3,8-20H2,1H3. The lowest BCUT2D eigenvalue weighted by Crippen LogP contribution is -2.68. The molecule has 2 N–H and O–H groups in total. The van der Waals surface area contributed by atoms with Crippen molar-refractivity contribution in [3.63, 3.8) is 0 Å². The lowest BCUT2D eigenvalue weighted by molar-refractivity contribution is -0.114. The Morgan fingerprint density at radius 2 is 1.88 bits per heavy atom. The van der Waals surface area contributed by atoms with Crippen molar-refractivity contribution >= 4 is 5.69 Å². The van der Waals surface area contributed by atoms with Gasteiger partial charge in [0.05, 0.1) is 0 Å². The monoisotopic (exact) mass is 448 g/mol. The summed E-state index contributed by atoms with van der Waals surface area (Å²) in [6.07, 6.45) is 14.3. The number of hydrogen-bond donors (Lipinski definition) is 2. The fourth-order valence-corrected chi connectivity index (χ4v) is 9.96. The number of nitrogens with one attached hydrogen (secondary N) is 2. The average molecular weight is 449 g/mol. The van der Waals surface area contributed by atoms with Crippen LogP contribution in [0, 0.1) is 29.1 Å². The summed E-state index contributed by atoms with van der Waals surface area (Å²) in [5.74, 6) is 3.65. The number of hydrogen-bond acceptors (Lipinski definition) is 4. The van der Waals surface area contributed by atoms with E-state index in [4.69, 9.17) is 0 Å². The second kappa shape index (κ2) is 7.96. The molecule has 33 heavy (non-hydrogen) atoms. The molecular formula is C29H44N4. The zero-order valence-corrected chi connectivity index (χ0v) is 20.7. The number of unbranched alkanes of at least 4 members (excludes halogenated alkanes) is 1. The molecule has 8 rings (SSSR count). The third kappa shape index (κ3) is 3.42. The van der Waals surface area contributed by atoms with E-state index in [-0.39, 0.29) is 0 Å². The van der Waals surface area contributed by atoms with Crippen molar-refractivity contribution in [2.45, 2.75) is 82.7 Å². The molecule has 4 heteroatoms. The first-order valence-electron chi connectivity index (χ1n) is 14.2. The van der Waals surface area contributed by atoms with Gasteiger partial charge in [0.1, 0.15) is 0 Å². The Morgan fingerprint density at radius 1 is 1.03 bits per heavy atom. The van der Waals surface area contributed by atoms with Crippen LogP contribution in [0.4, 0.5) is 5.69 Å². The maximum Gasteiger partial charge on any atom is 0.0413 e. The summed E-state index contributed by atoms with van der Waals surface area (Å²) >= 11 is 0. The zero-order valence-electron chi connectivity index (χ0n) is 20.7. The highest BCUT2D eigenvalue weighted by molar-refractivity contribution is 5.60. The second-order valence-electron chi connectivity index (χ2n) is 12.9. The molecule has 5 atom stereocenters. The fourth-order valence-electron chi connectivity index (χ4n) is 9.96. The Kier molecular flexibility index (Phi) is 5.12. The van der Waals surface area contributed by atoms with E-state index >= 15 is 0 Å². The minimum absolute atomic E-state index is 0.454. The molecule has 1 aromatic rings. The fraction of sp³-hybridized carbons (Fsp3) is 0.793. The molecule has 3 aliphatic heterocycles. The minimum Gasteiger partial charge on any atom is -0.365 e. The molecule has 3 heterocycles. The maximum atomic E-state index is 4.10. The van der Waals surface area contributed by atoms with Crippen molar-refractivity contribution in [2.24, 2.45) is 29.1 Å². The summed E-state index contributed by atoms with van der Waals surface area (Å²) in [6, 6.07) is 10.0. The van der Waals surface area contributed by atoms with Crippen LogP contribution in [0.15, 0.2) is 24.3 Å². The predicted molar refractivity (Wildman–Crippen MR) is 135 cm³/mol. The topological polar surface area (TPSA) is 30.5 Å². The average Bonchev–Trinajstić information content (AvgIpc) is 3.27. The highest BCUT2D eigenvalue weighted by Gasteiger charge is 2.62. The number of hydrazine groups is 1. The molecular weight excluding hydrogens is 404 g/mol. The first kappa shape index (κ1) is 21.2. The SMILES string of the molecule is CCCCN1CC2NCC(C34CC5CC(C3)CC(N3CCc6ccccc63)(C5)C4)CC2CN1. The molecule has 1 aromatic carbocycles.